The van der Waals surface area contributed by atoms with Crippen LogP contribution in [0.15, 0.2) is 48.7 Å². The zero-order valence-electron chi connectivity index (χ0n) is 17.1. The molecule has 2 fully saturated rings. The molecular formula is C23H28N6O. The van der Waals surface area contributed by atoms with Crippen LogP contribution in [0, 0.1) is 11.3 Å². The Morgan fingerprint density at radius 3 is 2.03 bits per heavy atom. The van der Waals surface area contributed by atoms with Crippen molar-refractivity contribution in [3.63, 3.8) is 0 Å². The molecule has 7 nitrogen and oxygen atoms in total. The minimum Gasteiger partial charge on any atom is -0.371 e. The summed E-state index contributed by atoms with van der Waals surface area (Å²) in [7, 11) is 0. The molecular weight excluding hydrogens is 376 g/mol. The first kappa shape index (κ1) is 20.0. The van der Waals surface area contributed by atoms with Crippen molar-refractivity contribution in [2.24, 2.45) is 0 Å². The quantitative estimate of drug-likeness (QED) is 0.819. The van der Waals surface area contributed by atoms with Gasteiger partial charge in [0.05, 0.1) is 5.56 Å². The third-order valence-electron chi connectivity index (χ3n) is 5.98. The fourth-order valence-corrected chi connectivity index (χ4v) is 4.23. The number of anilines is 2. The summed E-state index contributed by atoms with van der Waals surface area (Å²) in [5.74, 6) is 0.891. The van der Waals surface area contributed by atoms with E-state index in [0.717, 1.165) is 57.7 Å². The number of carbonyl (C=O) groups excluding carboxylic acids is 1. The van der Waals surface area contributed by atoms with Crippen LogP contribution in [-0.2, 0) is 0 Å². The summed E-state index contributed by atoms with van der Waals surface area (Å²) in [4.78, 5) is 21.4. The predicted molar refractivity (Wildman–Crippen MR) is 118 cm³/mol. The fraction of sp³-hybridized carbons (Fsp3) is 0.435. The zero-order chi connectivity index (χ0) is 20.8. The highest BCUT2D eigenvalue weighted by Gasteiger charge is 2.24. The largest absolute Gasteiger partial charge is 0.371 e. The van der Waals surface area contributed by atoms with Gasteiger partial charge in [0, 0.05) is 50.1 Å². The number of benzene rings is 1. The van der Waals surface area contributed by atoms with E-state index in [4.69, 9.17) is 5.26 Å². The summed E-state index contributed by atoms with van der Waals surface area (Å²) in [6, 6.07) is 16.6. The average molecular weight is 405 g/mol. The van der Waals surface area contributed by atoms with E-state index in [9.17, 15) is 4.79 Å². The monoisotopic (exact) mass is 404 g/mol. The normalized spacial score (nSPS) is 18.0. The van der Waals surface area contributed by atoms with Gasteiger partial charge < -0.3 is 20.4 Å². The number of nitrogens with one attached hydrogen (secondary N) is 2. The van der Waals surface area contributed by atoms with Crippen LogP contribution in [0.3, 0.4) is 0 Å². The van der Waals surface area contributed by atoms with Crippen molar-refractivity contribution in [2.75, 3.05) is 36.0 Å². The van der Waals surface area contributed by atoms with E-state index >= 15 is 0 Å². The van der Waals surface area contributed by atoms with Crippen molar-refractivity contribution < 1.29 is 4.79 Å². The molecule has 2 aliphatic rings. The Kier molecular flexibility index (Phi) is 6.33. The van der Waals surface area contributed by atoms with Crippen LogP contribution >= 0.6 is 0 Å². The van der Waals surface area contributed by atoms with Crippen LogP contribution in [0.4, 0.5) is 16.3 Å². The van der Waals surface area contributed by atoms with Crippen molar-refractivity contribution in [1.82, 2.24) is 15.6 Å². The molecule has 0 aliphatic carbocycles. The van der Waals surface area contributed by atoms with Gasteiger partial charge in [-0.05, 0) is 49.9 Å². The topological polar surface area (TPSA) is 84.3 Å². The Morgan fingerprint density at radius 1 is 0.900 bits per heavy atom. The number of carbonyl (C=O) groups is 1. The number of pyridine rings is 1. The molecule has 2 N–H and O–H groups in total. The Bertz CT molecular complexity index is 863. The van der Waals surface area contributed by atoms with Crippen LogP contribution in [0.25, 0.3) is 0 Å². The average Bonchev–Trinajstić information content (AvgIpc) is 2.81. The fourth-order valence-electron chi connectivity index (χ4n) is 4.23. The van der Waals surface area contributed by atoms with Gasteiger partial charge in [-0.15, -0.1) is 0 Å². The Morgan fingerprint density at radius 2 is 1.50 bits per heavy atom. The molecule has 0 radical (unpaired) electrons. The van der Waals surface area contributed by atoms with Gasteiger partial charge in [-0.3, -0.25) is 0 Å². The van der Waals surface area contributed by atoms with Crippen LogP contribution in [0.1, 0.15) is 31.2 Å². The lowest BCUT2D eigenvalue weighted by Crippen LogP contribution is -2.52. The molecule has 0 saturated carbocycles. The molecule has 30 heavy (non-hydrogen) atoms. The summed E-state index contributed by atoms with van der Waals surface area (Å²) < 4.78 is 0. The van der Waals surface area contributed by atoms with Gasteiger partial charge in [0.25, 0.3) is 0 Å². The molecule has 7 heteroatoms. The van der Waals surface area contributed by atoms with Crippen LogP contribution in [0.2, 0.25) is 0 Å². The van der Waals surface area contributed by atoms with Gasteiger partial charge in [-0.25, -0.2) is 9.78 Å². The maximum atomic E-state index is 12.5. The van der Waals surface area contributed by atoms with E-state index in [1.165, 1.54) is 5.69 Å². The first-order chi connectivity index (χ1) is 14.7. The highest BCUT2D eigenvalue weighted by Crippen LogP contribution is 2.20. The van der Waals surface area contributed by atoms with Crippen LogP contribution in [0.5, 0.6) is 0 Å². The van der Waals surface area contributed by atoms with Gasteiger partial charge >= 0.3 is 6.03 Å². The number of rotatable bonds is 4. The second kappa shape index (κ2) is 9.49. The molecule has 2 aliphatic heterocycles. The lowest BCUT2D eigenvalue weighted by Gasteiger charge is -2.35. The van der Waals surface area contributed by atoms with E-state index in [1.807, 2.05) is 12.1 Å². The van der Waals surface area contributed by atoms with Crippen molar-refractivity contribution in [2.45, 2.75) is 37.8 Å². The van der Waals surface area contributed by atoms with Gasteiger partial charge in [-0.2, -0.15) is 5.26 Å². The summed E-state index contributed by atoms with van der Waals surface area (Å²) in [5.41, 5.74) is 1.82. The van der Waals surface area contributed by atoms with E-state index in [2.05, 4.69) is 55.8 Å². The van der Waals surface area contributed by atoms with Gasteiger partial charge in [-0.1, -0.05) is 18.2 Å². The van der Waals surface area contributed by atoms with Crippen molar-refractivity contribution in [3.05, 3.63) is 54.2 Å². The van der Waals surface area contributed by atoms with E-state index < -0.39 is 0 Å². The maximum Gasteiger partial charge on any atom is 0.315 e. The first-order valence-electron chi connectivity index (χ1n) is 10.7. The Labute approximate surface area is 177 Å². The summed E-state index contributed by atoms with van der Waals surface area (Å²) in [5, 5.41) is 15.2. The zero-order valence-corrected chi connectivity index (χ0v) is 17.1. The maximum absolute atomic E-state index is 12.5. The predicted octanol–water partition coefficient (Wildman–Crippen LogP) is 2.89. The minimum absolute atomic E-state index is 0.0527. The number of aromatic nitrogens is 1. The lowest BCUT2D eigenvalue weighted by atomic mass is 10.0. The number of nitriles is 1. The molecule has 3 heterocycles. The molecule has 0 unspecified atom stereocenters. The number of urea groups is 1. The highest BCUT2D eigenvalue weighted by atomic mass is 16.2. The van der Waals surface area contributed by atoms with Crippen LogP contribution in [-0.4, -0.2) is 49.3 Å². The third-order valence-corrected chi connectivity index (χ3v) is 5.98. The Hall–Kier alpha value is -3.27. The van der Waals surface area contributed by atoms with E-state index in [1.54, 1.807) is 12.3 Å². The smallest absolute Gasteiger partial charge is 0.315 e. The minimum atomic E-state index is -0.0527. The standard InChI is InChI=1S/C23H28N6O/c24-16-18-6-7-22(25-17-18)29-14-10-20(11-15-29)27-23(30)26-19-8-12-28(13-9-19)21-4-2-1-3-5-21/h1-7,17,19-20H,8-15H2,(H2,26,27,30). The number of piperidine rings is 2. The molecule has 2 amide bonds. The SMILES string of the molecule is N#Cc1ccc(N2CCC(NC(=O)NC3CCN(c4ccccc4)CC3)CC2)nc1. The highest BCUT2D eigenvalue weighted by molar-refractivity contribution is 5.74. The molecule has 4 rings (SSSR count). The second-order valence-electron chi connectivity index (χ2n) is 7.99. The molecule has 1 aromatic heterocycles. The van der Waals surface area contributed by atoms with Crippen molar-refractivity contribution in [1.29, 1.82) is 5.26 Å². The molecule has 2 aromatic rings. The van der Waals surface area contributed by atoms with Gasteiger partial charge in [0.1, 0.15) is 11.9 Å². The third kappa shape index (κ3) is 5.01. The molecule has 0 bridgehead atoms. The van der Waals surface area contributed by atoms with E-state index in [0.29, 0.717) is 5.56 Å². The summed E-state index contributed by atoms with van der Waals surface area (Å²) in [6.07, 6.45) is 5.32. The molecule has 156 valence electrons. The summed E-state index contributed by atoms with van der Waals surface area (Å²) >= 11 is 0. The lowest BCUT2D eigenvalue weighted by molar-refractivity contribution is 0.228. The molecule has 0 spiro atoms. The number of hydrogen-bond donors (Lipinski definition) is 2. The van der Waals surface area contributed by atoms with Crippen molar-refractivity contribution >= 4 is 17.5 Å². The van der Waals surface area contributed by atoms with Gasteiger partial charge in [0.2, 0.25) is 0 Å². The van der Waals surface area contributed by atoms with Crippen LogP contribution < -0.4 is 20.4 Å². The van der Waals surface area contributed by atoms with Crippen molar-refractivity contribution in [3.8, 4) is 6.07 Å². The number of para-hydroxylation sites is 1. The Balaban J connectivity index is 1.18. The van der Waals surface area contributed by atoms with E-state index in [-0.39, 0.29) is 18.1 Å². The second-order valence-corrected chi connectivity index (χ2v) is 7.99. The number of hydrogen-bond acceptors (Lipinski definition) is 5. The number of amides is 2. The summed E-state index contributed by atoms with van der Waals surface area (Å²) in [6.45, 7) is 3.62. The molecule has 0 atom stereocenters. The van der Waals surface area contributed by atoms with Gasteiger partial charge in [0.15, 0.2) is 0 Å². The molecule has 2 saturated heterocycles. The first-order valence-corrected chi connectivity index (χ1v) is 10.7. The molecule has 1 aromatic carbocycles. The number of nitrogens with zero attached hydrogens (tertiary/aromatic N) is 4.